The molecule has 0 aliphatic heterocycles. The van der Waals surface area contributed by atoms with E-state index >= 15 is 0 Å². The fourth-order valence-electron chi connectivity index (χ4n) is 11.4. The number of nitrogens with zero attached hydrogens (tertiary/aromatic N) is 4. The van der Waals surface area contributed by atoms with Crippen molar-refractivity contribution in [2.75, 3.05) is 0 Å². The zero-order valence-corrected chi connectivity index (χ0v) is 40.0. The highest BCUT2D eigenvalue weighted by atomic mass is 15.0. The topological polar surface area (TPSA) is 62.5 Å². The molecule has 4 nitrogen and oxygen atoms in total. The maximum absolute atomic E-state index is 10.9. The molecule has 74 heavy (non-hydrogen) atoms. The molecule has 1 aromatic heterocycles. The fourth-order valence-corrected chi connectivity index (χ4v) is 11.4. The molecule has 0 bridgehead atoms. The second-order valence-electron chi connectivity index (χ2n) is 18.9. The van der Waals surface area contributed by atoms with Crippen molar-refractivity contribution >= 4 is 32.3 Å². The number of nitriles is 1. The summed E-state index contributed by atoms with van der Waals surface area (Å²) in [6.07, 6.45) is 0. The van der Waals surface area contributed by atoms with E-state index in [1.807, 2.05) is 54.6 Å². The van der Waals surface area contributed by atoms with Crippen LogP contribution >= 0.6 is 0 Å². The van der Waals surface area contributed by atoms with Gasteiger partial charge in [-0.3, -0.25) is 0 Å². The molecule has 0 amide bonds. The predicted octanol–water partition coefficient (Wildman–Crippen LogP) is 18.2. The van der Waals surface area contributed by atoms with Crippen LogP contribution in [0.15, 0.2) is 255 Å². The van der Waals surface area contributed by atoms with Gasteiger partial charge in [0, 0.05) is 22.3 Å². The molecule has 0 unspecified atom stereocenters. The van der Waals surface area contributed by atoms with Crippen LogP contribution in [0.3, 0.4) is 0 Å². The first-order valence-corrected chi connectivity index (χ1v) is 25.0. The van der Waals surface area contributed by atoms with Gasteiger partial charge in [-0.2, -0.15) is 5.26 Å². The van der Waals surface area contributed by atoms with Crippen LogP contribution in [0.1, 0.15) is 5.56 Å². The molecule has 4 heteroatoms. The molecule has 12 aromatic carbocycles. The number of fused-ring (bicyclic) bond motifs is 6. The Morgan fingerprint density at radius 3 is 1.47 bits per heavy atom. The first-order valence-electron chi connectivity index (χ1n) is 25.0. The summed E-state index contributed by atoms with van der Waals surface area (Å²) in [5, 5.41) is 18.3. The Morgan fingerprint density at radius 2 is 0.730 bits per heavy atom. The molecule has 1 aliphatic carbocycles. The van der Waals surface area contributed by atoms with E-state index in [1.54, 1.807) is 0 Å². The molecule has 0 fully saturated rings. The van der Waals surface area contributed by atoms with Gasteiger partial charge in [0.05, 0.1) is 11.6 Å². The average molecular weight is 939 g/mol. The minimum absolute atomic E-state index is 0.517. The van der Waals surface area contributed by atoms with Gasteiger partial charge >= 0.3 is 0 Å². The van der Waals surface area contributed by atoms with E-state index in [2.05, 4.69) is 206 Å². The molecule has 1 heterocycles. The van der Waals surface area contributed by atoms with Gasteiger partial charge in [-0.1, -0.05) is 237 Å². The summed E-state index contributed by atoms with van der Waals surface area (Å²) in [4.78, 5) is 15.6. The Kier molecular flexibility index (Phi) is 10.2. The van der Waals surface area contributed by atoms with E-state index in [1.165, 1.54) is 65.7 Å². The molecule has 0 radical (unpaired) electrons. The van der Waals surface area contributed by atoms with Gasteiger partial charge in [-0.05, 0) is 123 Å². The summed E-state index contributed by atoms with van der Waals surface area (Å²) in [6, 6.07) is 92.2. The quantitative estimate of drug-likeness (QED) is 0.142. The van der Waals surface area contributed by atoms with Crippen LogP contribution in [-0.2, 0) is 0 Å². The van der Waals surface area contributed by atoms with Crippen LogP contribution in [0.4, 0.5) is 0 Å². The van der Waals surface area contributed by atoms with E-state index in [0.29, 0.717) is 23.0 Å². The second-order valence-corrected chi connectivity index (χ2v) is 18.9. The van der Waals surface area contributed by atoms with Crippen molar-refractivity contribution in [2.45, 2.75) is 0 Å². The molecular weight excluding hydrogens is 897 g/mol. The lowest BCUT2D eigenvalue weighted by Gasteiger charge is -2.18. The van der Waals surface area contributed by atoms with Gasteiger partial charge in [-0.25, -0.2) is 15.0 Å². The number of aromatic nitrogens is 3. The largest absolute Gasteiger partial charge is 0.208 e. The number of rotatable bonds is 8. The van der Waals surface area contributed by atoms with Crippen LogP contribution in [0.25, 0.3) is 144 Å². The maximum Gasteiger partial charge on any atom is 0.164 e. The summed E-state index contributed by atoms with van der Waals surface area (Å²) < 4.78 is 0. The smallest absolute Gasteiger partial charge is 0.164 e. The number of hydrogen-bond acceptors (Lipinski definition) is 4. The van der Waals surface area contributed by atoms with Gasteiger partial charge in [0.15, 0.2) is 17.5 Å². The monoisotopic (exact) mass is 938 g/mol. The molecular formula is C70H42N4. The first-order chi connectivity index (χ1) is 36.7. The van der Waals surface area contributed by atoms with Gasteiger partial charge in [-0.15, -0.1) is 0 Å². The Bertz CT molecular complexity index is 4400. The third-order valence-electron chi connectivity index (χ3n) is 14.8. The van der Waals surface area contributed by atoms with Gasteiger partial charge in [0.1, 0.15) is 0 Å². The van der Waals surface area contributed by atoms with E-state index in [9.17, 15) is 5.26 Å². The normalized spacial score (nSPS) is 11.5. The van der Waals surface area contributed by atoms with Crippen molar-refractivity contribution in [3.05, 3.63) is 260 Å². The summed E-state index contributed by atoms with van der Waals surface area (Å²) >= 11 is 0. The van der Waals surface area contributed by atoms with Gasteiger partial charge in [0.25, 0.3) is 0 Å². The Morgan fingerprint density at radius 1 is 0.257 bits per heavy atom. The van der Waals surface area contributed by atoms with Crippen molar-refractivity contribution in [3.8, 4) is 118 Å². The van der Waals surface area contributed by atoms with Crippen molar-refractivity contribution in [1.82, 2.24) is 15.0 Å². The second kappa shape index (κ2) is 17.6. The maximum atomic E-state index is 10.9. The van der Waals surface area contributed by atoms with Gasteiger partial charge < -0.3 is 0 Å². The van der Waals surface area contributed by atoms with E-state index in [0.717, 1.165) is 61.2 Å². The summed E-state index contributed by atoms with van der Waals surface area (Å²) in [7, 11) is 0. The predicted molar refractivity (Wildman–Crippen MR) is 305 cm³/mol. The van der Waals surface area contributed by atoms with Gasteiger partial charge in [0.2, 0.25) is 0 Å². The third-order valence-corrected chi connectivity index (χ3v) is 14.8. The van der Waals surface area contributed by atoms with Crippen LogP contribution in [-0.4, -0.2) is 15.0 Å². The zero-order valence-electron chi connectivity index (χ0n) is 40.0. The molecule has 13 aromatic rings. The molecule has 342 valence electrons. The van der Waals surface area contributed by atoms with Crippen LogP contribution < -0.4 is 0 Å². The standard InChI is InChI=1S/C70H42N4/c71-43-50-22-15-32-53(48-21-14-20-47(41-48)51-24-6-7-26-55(51)59-39-40-63-57-28-10-9-27-56(57)60-33-16-34-61(59)67(60)63)66(50)62-30-12-13-31-64(62)70-73-68(45-17-2-1-3-18-45)72-69(74-70)46-37-35-44(36-38-46)65-42-49-19-4-5-23-52(49)54-25-8-11-29-58(54)65/h1-42H. The Hall–Kier alpha value is -10.1. The molecule has 0 N–H and O–H groups in total. The SMILES string of the molecule is N#Cc1cccc(-c2cccc(-c3ccccc3-c3ccc4c5c(cccc35)-c3ccccc3-4)c2)c1-c1ccccc1-c1nc(-c2ccccc2)nc(-c2ccc(-c3cc4ccccc4c4ccccc34)cc2)n1. The molecule has 0 saturated carbocycles. The Balaban J connectivity index is 0.881. The van der Waals surface area contributed by atoms with Crippen molar-refractivity contribution in [2.24, 2.45) is 0 Å². The molecule has 14 rings (SSSR count). The highest BCUT2D eigenvalue weighted by Crippen LogP contribution is 2.50. The molecule has 0 spiro atoms. The third kappa shape index (κ3) is 7.10. The van der Waals surface area contributed by atoms with Crippen LogP contribution in [0.5, 0.6) is 0 Å². The summed E-state index contributed by atoms with van der Waals surface area (Å²) in [6.45, 7) is 0. The number of benzene rings is 12. The lowest BCUT2D eigenvalue weighted by molar-refractivity contribution is 1.07. The minimum Gasteiger partial charge on any atom is -0.208 e. The van der Waals surface area contributed by atoms with E-state index in [-0.39, 0.29) is 0 Å². The lowest BCUT2D eigenvalue weighted by atomic mass is 9.86. The molecule has 1 aliphatic rings. The minimum atomic E-state index is 0.517. The zero-order chi connectivity index (χ0) is 49.1. The Labute approximate surface area is 428 Å². The number of hydrogen-bond donors (Lipinski definition) is 0. The van der Waals surface area contributed by atoms with Crippen molar-refractivity contribution < 1.29 is 0 Å². The molecule has 0 atom stereocenters. The molecule has 0 saturated heterocycles. The van der Waals surface area contributed by atoms with Crippen LogP contribution in [0, 0.1) is 11.3 Å². The van der Waals surface area contributed by atoms with E-state index in [4.69, 9.17) is 15.0 Å². The highest BCUT2D eigenvalue weighted by Gasteiger charge is 2.24. The average Bonchev–Trinajstić information content (AvgIpc) is 3.81. The van der Waals surface area contributed by atoms with E-state index < -0.39 is 0 Å². The summed E-state index contributed by atoms with van der Waals surface area (Å²) in [5.74, 6) is 1.64. The fraction of sp³-hybridized carbons (Fsp3) is 0. The van der Waals surface area contributed by atoms with Crippen LogP contribution in [0.2, 0.25) is 0 Å². The lowest BCUT2D eigenvalue weighted by Crippen LogP contribution is -2.02. The van der Waals surface area contributed by atoms with Crippen molar-refractivity contribution in [1.29, 1.82) is 5.26 Å². The summed E-state index contributed by atoms with van der Waals surface area (Å²) in [5.41, 5.74) is 18.7. The highest BCUT2D eigenvalue weighted by molar-refractivity contribution is 6.19. The first kappa shape index (κ1) is 42.8. The van der Waals surface area contributed by atoms with Crippen molar-refractivity contribution in [3.63, 3.8) is 0 Å².